The van der Waals surface area contributed by atoms with Crippen molar-refractivity contribution in [1.82, 2.24) is 0 Å². The van der Waals surface area contributed by atoms with Crippen molar-refractivity contribution in [3.63, 3.8) is 0 Å². The Morgan fingerprint density at radius 2 is 0.362 bits per heavy atom. The second-order valence-electron chi connectivity index (χ2n) is 44.4. The molecule has 0 amide bonds. The highest BCUT2D eigenvalue weighted by molar-refractivity contribution is 5.99. The summed E-state index contributed by atoms with van der Waals surface area (Å²) in [4.78, 5) is 4.92. The molecule has 0 atom stereocenters. The van der Waals surface area contributed by atoms with Crippen molar-refractivity contribution in [3.05, 3.63) is 579 Å². The monoisotopic (exact) mass is 1780 g/mol. The van der Waals surface area contributed by atoms with Gasteiger partial charge in [0.05, 0.1) is 44.4 Å². The summed E-state index contributed by atoms with van der Waals surface area (Å²) >= 11 is 0. The van der Waals surface area contributed by atoms with Crippen LogP contribution >= 0.6 is 0 Å². The van der Waals surface area contributed by atoms with Crippen LogP contribution in [0.25, 0.3) is 22.3 Å². The van der Waals surface area contributed by atoms with E-state index < -0.39 is 0 Å². The molecule has 138 heavy (non-hydrogen) atoms. The van der Waals surface area contributed by atoms with Gasteiger partial charge in [0.15, 0.2) is 0 Å². The third kappa shape index (κ3) is 12.4. The van der Waals surface area contributed by atoms with Gasteiger partial charge in [0, 0.05) is 33.0 Å². The number of anilines is 6. The number of para-hydroxylation sites is 3. The molecule has 0 radical (unpaired) electrons. The highest BCUT2D eigenvalue weighted by Crippen LogP contribution is 2.69. The van der Waals surface area contributed by atoms with Crippen LogP contribution in [-0.4, -0.2) is 0 Å². The van der Waals surface area contributed by atoms with E-state index in [-0.39, 0.29) is 54.1 Å². The first-order valence-electron chi connectivity index (χ1n) is 49.9. The lowest BCUT2D eigenvalue weighted by molar-refractivity contribution is 0.514. The molecular weight excluding hydrogens is 1660 g/mol. The zero-order valence-corrected chi connectivity index (χ0v) is 83.2. The highest BCUT2D eigenvalue weighted by Gasteiger charge is 2.59. The Morgan fingerprint density at radius 3 is 0.696 bits per heavy atom. The van der Waals surface area contributed by atoms with Crippen molar-refractivity contribution < 1.29 is 0 Å². The summed E-state index contributed by atoms with van der Waals surface area (Å²) in [5.41, 5.74) is 53.1. The lowest BCUT2D eigenvalue weighted by Crippen LogP contribution is -2.47. The fourth-order valence-corrected chi connectivity index (χ4v) is 26.7. The van der Waals surface area contributed by atoms with Gasteiger partial charge in [-0.3, -0.25) is 0 Å². The molecule has 0 bridgehead atoms. The Labute approximate surface area is 818 Å². The van der Waals surface area contributed by atoms with Crippen LogP contribution in [0.4, 0.5) is 34.1 Å². The maximum atomic E-state index is 2.46. The van der Waals surface area contributed by atoms with E-state index in [0.29, 0.717) is 0 Å². The maximum absolute atomic E-state index is 2.46. The number of nitrogens with zero attached hydrogens (tertiary/aromatic N) is 2. The second kappa shape index (κ2) is 31.6. The van der Waals surface area contributed by atoms with Gasteiger partial charge in [-0.1, -0.05) is 483 Å². The summed E-state index contributed by atoms with van der Waals surface area (Å²) in [6.07, 6.45) is 0. The Kier molecular flexibility index (Phi) is 20.0. The largest absolute Gasteiger partial charge is 0.310 e. The average Bonchev–Trinajstić information content (AvgIpc) is 1.15. The minimum absolute atomic E-state index is 0.0504. The Morgan fingerprint density at radius 1 is 0.159 bits per heavy atom. The summed E-state index contributed by atoms with van der Waals surface area (Å²) in [6.45, 7) is 41.6. The van der Waals surface area contributed by atoms with Crippen LogP contribution in [0.2, 0.25) is 0 Å². The zero-order chi connectivity index (χ0) is 95.3. The number of hydrogen-bond acceptors (Lipinski definition) is 2. The van der Waals surface area contributed by atoms with E-state index in [2.05, 4.69) is 547 Å². The maximum Gasteiger partial charge on any atom is 0.0754 e. The summed E-state index contributed by atoms with van der Waals surface area (Å²) in [5.74, 6) is 0. The van der Waals surface area contributed by atoms with E-state index in [1.54, 1.807) is 0 Å². The molecule has 18 aromatic carbocycles. The van der Waals surface area contributed by atoms with Gasteiger partial charge in [-0.25, -0.2) is 0 Å². The van der Waals surface area contributed by atoms with E-state index in [4.69, 9.17) is 0 Å². The second-order valence-corrected chi connectivity index (χ2v) is 44.4. The first kappa shape index (κ1) is 87.6. The van der Waals surface area contributed by atoms with E-state index >= 15 is 0 Å². The van der Waals surface area contributed by atoms with Crippen LogP contribution in [0.15, 0.2) is 413 Å². The van der Waals surface area contributed by atoms with Crippen LogP contribution in [0, 0.1) is 27.7 Å². The molecule has 2 nitrogen and oxygen atoms in total. The summed E-state index contributed by atoms with van der Waals surface area (Å²) in [6, 6.07) is 156. The van der Waals surface area contributed by atoms with Crippen molar-refractivity contribution in [2.45, 2.75) is 179 Å². The molecular formula is C136H122N2. The predicted molar refractivity (Wildman–Crippen MR) is 578 cm³/mol. The molecule has 26 rings (SSSR count). The predicted octanol–water partition coefficient (Wildman–Crippen LogP) is 34.2. The van der Waals surface area contributed by atoms with Crippen LogP contribution < -0.4 is 9.80 Å². The lowest BCUT2D eigenvalue weighted by Gasteiger charge is -2.53. The molecule has 0 saturated heterocycles. The fraction of sp³-hybridized carbons (Fsp3) is 0.206. The minimum atomic E-state index is -0.354. The molecule has 0 fully saturated rings. The van der Waals surface area contributed by atoms with Gasteiger partial charge in [0.1, 0.15) is 0 Å². The van der Waals surface area contributed by atoms with Crippen molar-refractivity contribution in [1.29, 1.82) is 0 Å². The molecule has 18 aromatic rings. The van der Waals surface area contributed by atoms with E-state index in [0.717, 1.165) is 0 Å². The molecule has 0 N–H and O–H groups in total. The Balaban J connectivity index is 0.000000103. The highest BCUT2D eigenvalue weighted by atomic mass is 15.2. The summed E-state index contributed by atoms with van der Waals surface area (Å²) in [5, 5.41) is 0. The number of fused-ring (bicyclic) bond motifs is 34. The standard InChI is InChI=1S/2C36H31N.2C32H30/c1-24-17-22-34-32(23-24)36(29-13-7-5-11-27(29)28-12-6-8-14-30(28)36)31-15-9-10-16-33(31)37(34)26-20-18-25(19-21-26)35(2,3)4;1-24-17-22-28-27-11-5-6-12-29(27)36(32(28)23-24)30-13-7-9-15-33(30)37(34-16-10-8-14-31(34)36)26-20-18-25(19-21-26)35(2,3)4;1-21-18-19-25-29(20-21)32(28-17-11-8-14-24(28)31(25,4)5)26-15-9-6-12-22(26)30(2,3)23-13-7-10-16-27(23)32;1-21-18-19-28-29(20-21)31(4,5)24-14-8-11-17-27(24)32(28)25-15-9-6-12-22(25)30(2,3)23-13-7-10-16-26(23)32/h2*5-23H,1-4H3;2*6-20H,1-5H3. The smallest absolute Gasteiger partial charge is 0.0754 e. The van der Waals surface area contributed by atoms with Gasteiger partial charge >= 0.3 is 0 Å². The van der Waals surface area contributed by atoms with Crippen molar-refractivity contribution >= 4 is 34.1 Å². The van der Waals surface area contributed by atoms with E-state index in [1.807, 2.05) is 0 Å². The van der Waals surface area contributed by atoms with Crippen molar-refractivity contribution in [3.8, 4) is 22.3 Å². The van der Waals surface area contributed by atoms with Crippen LogP contribution in [0.3, 0.4) is 0 Å². The van der Waals surface area contributed by atoms with Gasteiger partial charge in [-0.2, -0.15) is 0 Å². The molecule has 6 aliphatic carbocycles. The first-order valence-corrected chi connectivity index (χ1v) is 49.9. The normalized spacial score (nSPS) is 16.3. The molecule has 0 aromatic heterocycles. The van der Waals surface area contributed by atoms with Gasteiger partial charge in [0.2, 0.25) is 0 Å². The van der Waals surface area contributed by atoms with Crippen LogP contribution in [0.5, 0.6) is 0 Å². The van der Waals surface area contributed by atoms with Gasteiger partial charge in [0.25, 0.3) is 0 Å². The Hall–Kier alpha value is -14.4. The minimum Gasteiger partial charge on any atom is -0.310 e. The number of aryl methyl sites for hydroxylation is 4. The molecule has 2 heteroatoms. The zero-order valence-electron chi connectivity index (χ0n) is 83.2. The molecule has 4 spiro atoms. The SMILES string of the molecule is Cc1ccc2c(c1)C(C)(C)c1ccccc1C21c2ccccc2C(C)(C)c2ccccc21.Cc1ccc2c(c1)C1(c3ccccc3-2)c2ccccc2N(c2ccc(C(C)(C)C)cc2)c2ccccc21.Cc1ccc2c(c1)C1(c3ccccc3-c3ccccc31)c1ccccc1N2c1ccc(C(C)(C)C)cc1.Cc1ccc2c(c1)C1(c3ccccc3C(C)(C)c3ccccc31)c1ccccc1C2(C)C. The van der Waals surface area contributed by atoms with Crippen LogP contribution in [-0.2, 0) is 54.1 Å². The molecule has 0 saturated carbocycles. The molecule has 2 aliphatic heterocycles. The average molecular weight is 1780 g/mol. The molecule has 2 heterocycles. The molecule has 0 unspecified atom stereocenters. The van der Waals surface area contributed by atoms with Gasteiger partial charge in [-0.05, 0) is 254 Å². The summed E-state index contributed by atoms with van der Waals surface area (Å²) in [7, 11) is 0. The van der Waals surface area contributed by atoms with E-state index in [1.165, 1.54) is 223 Å². The number of hydrogen-bond donors (Lipinski definition) is 0. The third-order valence-corrected chi connectivity index (χ3v) is 33.1. The quantitative estimate of drug-likeness (QED) is 0.170. The molecule has 676 valence electrons. The first-order chi connectivity index (χ1) is 66.4. The Bertz CT molecular complexity index is 7640. The summed E-state index contributed by atoms with van der Waals surface area (Å²) < 4.78 is 0. The van der Waals surface area contributed by atoms with Gasteiger partial charge in [-0.15, -0.1) is 0 Å². The van der Waals surface area contributed by atoms with Crippen molar-refractivity contribution in [2.24, 2.45) is 0 Å². The number of rotatable bonds is 2. The van der Waals surface area contributed by atoms with Crippen LogP contribution in [0.1, 0.15) is 264 Å². The third-order valence-electron chi connectivity index (χ3n) is 33.1. The number of benzene rings is 18. The van der Waals surface area contributed by atoms with E-state index in [9.17, 15) is 0 Å². The lowest BCUT2D eigenvalue weighted by atomic mass is 9.49. The van der Waals surface area contributed by atoms with Gasteiger partial charge < -0.3 is 9.80 Å². The molecule has 8 aliphatic rings. The fourth-order valence-electron chi connectivity index (χ4n) is 26.7. The van der Waals surface area contributed by atoms with Crippen molar-refractivity contribution in [2.75, 3.05) is 9.80 Å². The topological polar surface area (TPSA) is 6.48 Å².